The van der Waals surface area contributed by atoms with E-state index in [2.05, 4.69) is 21.7 Å². The number of carbonyl (C=O) groups is 2. The van der Waals surface area contributed by atoms with Gasteiger partial charge in [-0.3, -0.25) is 9.78 Å². The van der Waals surface area contributed by atoms with E-state index in [0.717, 1.165) is 39.5 Å². The monoisotopic (exact) mass is 567 g/mol. The Hall–Kier alpha value is -4.50. The number of aromatic nitrogens is 2. The lowest BCUT2D eigenvalue weighted by atomic mass is 9.96. The maximum Gasteiger partial charge on any atom is 0.337 e. The van der Waals surface area contributed by atoms with Crippen molar-refractivity contribution in [2.45, 2.75) is 46.2 Å². The summed E-state index contributed by atoms with van der Waals surface area (Å²) < 4.78 is 1.97. The van der Waals surface area contributed by atoms with Crippen LogP contribution in [0.2, 0.25) is 0 Å². The lowest BCUT2D eigenvalue weighted by Gasteiger charge is -2.28. The van der Waals surface area contributed by atoms with Crippen LogP contribution in [-0.4, -0.2) is 43.1 Å². The molecule has 8 nitrogen and oxygen atoms in total. The highest BCUT2D eigenvalue weighted by Gasteiger charge is 2.41. The molecule has 2 atom stereocenters. The first-order valence-corrected chi connectivity index (χ1v) is 13.9. The van der Waals surface area contributed by atoms with Crippen molar-refractivity contribution in [2.24, 2.45) is 0 Å². The molecule has 0 radical (unpaired) electrons. The molecular formula is C32H33N5O3S. The van der Waals surface area contributed by atoms with Gasteiger partial charge in [0.2, 0.25) is 5.91 Å². The molecule has 1 aliphatic rings. The summed E-state index contributed by atoms with van der Waals surface area (Å²) in [7, 11) is 0. The van der Waals surface area contributed by atoms with Crippen molar-refractivity contribution in [3.05, 3.63) is 112 Å². The van der Waals surface area contributed by atoms with E-state index >= 15 is 0 Å². The zero-order chi connectivity index (χ0) is 29.3. The van der Waals surface area contributed by atoms with E-state index in [0.29, 0.717) is 17.3 Å². The van der Waals surface area contributed by atoms with Crippen LogP contribution in [0.1, 0.15) is 62.6 Å². The summed E-state index contributed by atoms with van der Waals surface area (Å²) in [5.74, 6) is -1.08. The quantitative estimate of drug-likeness (QED) is 0.231. The minimum Gasteiger partial charge on any atom is -0.478 e. The Morgan fingerprint density at radius 2 is 1.78 bits per heavy atom. The highest BCUT2D eigenvalue weighted by atomic mass is 32.1. The molecule has 41 heavy (non-hydrogen) atoms. The van der Waals surface area contributed by atoms with E-state index in [1.807, 2.05) is 85.7 Å². The lowest BCUT2D eigenvalue weighted by molar-refractivity contribution is -0.116. The zero-order valence-corrected chi connectivity index (χ0v) is 24.3. The maximum absolute atomic E-state index is 13.1. The first-order valence-electron chi connectivity index (χ1n) is 13.5. The van der Waals surface area contributed by atoms with Gasteiger partial charge in [-0.15, -0.1) is 0 Å². The van der Waals surface area contributed by atoms with Crippen LogP contribution in [0.25, 0.3) is 5.69 Å². The van der Waals surface area contributed by atoms with Gasteiger partial charge >= 0.3 is 5.97 Å². The fourth-order valence-corrected chi connectivity index (χ4v) is 5.93. The van der Waals surface area contributed by atoms with Gasteiger partial charge < -0.3 is 25.2 Å². The molecule has 2 aromatic carbocycles. The van der Waals surface area contributed by atoms with Crippen molar-refractivity contribution in [3.8, 4) is 5.69 Å². The van der Waals surface area contributed by atoms with Crippen LogP contribution >= 0.6 is 12.2 Å². The van der Waals surface area contributed by atoms with E-state index in [1.165, 1.54) is 0 Å². The van der Waals surface area contributed by atoms with Gasteiger partial charge in [0.05, 0.1) is 29.0 Å². The van der Waals surface area contributed by atoms with Crippen LogP contribution in [0.3, 0.4) is 0 Å². The predicted octanol–water partition coefficient (Wildman–Crippen LogP) is 5.81. The molecule has 5 rings (SSSR count). The number of nitrogens with zero attached hydrogens (tertiary/aromatic N) is 3. The third-order valence-corrected chi connectivity index (χ3v) is 7.96. The number of aromatic carboxylic acids is 1. The van der Waals surface area contributed by atoms with E-state index in [-0.39, 0.29) is 30.0 Å². The Labute approximate surface area is 245 Å². The summed E-state index contributed by atoms with van der Waals surface area (Å²) in [4.78, 5) is 31.8. The lowest BCUT2D eigenvalue weighted by Crippen LogP contribution is -2.33. The molecule has 3 heterocycles. The van der Waals surface area contributed by atoms with E-state index in [1.54, 1.807) is 18.3 Å². The number of pyridine rings is 1. The minimum absolute atomic E-state index is 0.0950. The zero-order valence-electron chi connectivity index (χ0n) is 23.5. The van der Waals surface area contributed by atoms with Crippen LogP contribution < -0.4 is 10.6 Å². The Morgan fingerprint density at radius 3 is 2.51 bits per heavy atom. The number of amides is 1. The fourth-order valence-electron chi connectivity index (χ4n) is 5.60. The topological polar surface area (TPSA) is 99.5 Å². The number of aryl methyl sites for hydroxylation is 3. The number of anilines is 1. The maximum atomic E-state index is 13.1. The molecule has 1 fully saturated rings. The summed E-state index contributed by atoms with van der Waals surface area (Å²) in [6, 6.07) is 20.3. The average Bonchev–Trinajstić information content (AvgIpc) is 3.44. The number of nitrogens with one attached hydrogen (secondary N) is 2. The smallest absolute Gasteiger partial charge is 0.337 e. The second-order valence-electron chi connectivity index (χ2n) is 10.4. The molecule has 4 aromatic rings. The van der Waals surface area contributed by atoms with Crippen molar-refractivity contribution in [1.82, 2.24) is 19.8 Å². The number of thiocarbonyl (C=S) groups is 1. The SMILES string of the molecule is Cc1ccc(C)c(NC(=O)CCN2C(=S)N[C@@H](c3ccccn3)[C@@H]2c2cc(C)n(-c3ccccc3C(=O)O)c2C)c1. The number of benzene rings is 2. The van der Waals surface area contributed by atoms with Crippen molar-refractivity contribution in [3.63, 3.8) is 0 Å². The molecule has 1 amide bonds. The van der Waals surface area contributed by atoms with Crippen LogP contribution in [-0.2, 0) is 4.79 Å². The number of para-hydroxylation sites is 1. The number of carbonyl (C=O) groups excluding carboxylic acids is 1. The number of carboxylic acids is 1. The molecule has 0 bridgehead atoms. The van der Waals surface area contributed by atoms with Crippen molar-refractivity contribution < 1.29 is 14.7 Å². The summed E-state index contributed by atoms with van der Waals surface area (Å²) in [5, 5.41) is 16.9. The van der Waals surface area contributed by atoms with Gasteiger partial charge in [-0.2, -0.15) is 0 Å². The number of rotatable bonds is 8. The number of carboxylic acid groups (broad SMARTS) is 1. The molecule has 0 unspecified atom stereocenters. The molecule has 0 aliphatic carbocycles. The van der Waals surface area contributed by atoms with Crippen LogP contribution in [0, 0.1) is 27.7 Å². The van der Waals surface area contributed by atoms with Crippen LogP contribution in [0.4, 0.5) is 5.69 Å². The first-order chi connectivity index (χ1) is 19.7. The van der Waals surface area contributed by atoms with Gasteiger partial charge in [0, 0.05) is 36.2 Å². The summed E-state index contributed by atoms with van der Waals surface area (Å²) in [6.45, 7) is 8.32. The third kappa shape index (κ3) is 5.58. The Bertz CT molecular complexity index is 1630. The standard InChI is InChI=1S/C32H33N5O3S/c1-19-12-13-20(2)26(17-19)34-28(38)14-16-36-30(29(35-32(36)41)25-10-7-8-15-33-25)24-18-21(3)37(22(24)4)27-11-6-5-9-23(27)31(39)40/h5-13,15,17-18,29-30H,14,16H2,1-4H3,(H,34,38)(H,35,41)(H,39,40)/t29-,30-/m0/s1. The second kappa shape index (κ2) is 11.5. The van der Waals surface area contributed by atoms with E-state index in [4.69, 9.17) is 12.2 Å². The van der Waals surface area contributed by atoms with Crippen LogP contribution in [0.5, 0.6) is 0 Å². The fraction of sp³-hybridized carbons (Fsp3) is 0.250. The normalized spacial score (nSPS) is 16.5. The molecular weight excluding hydrogens is 534 g/mol. The van der Waals surface area contributed by atoms with Gasteiger partial charge in [0.1, 0.15) is 0 Å². The van der Waals surface area contributed by atoms with E-state index < -0.39 is 5.97 Å². The van der Waals surface area contributed by atoms with Gasteiger partial charge in [0.15, 0.2) is 5.11 Å². The predicted molar refractivity (Wildman–Crippen MR) is 164 cm³/mol. The summed E-state index contributed by atoms with van der Waals surface area (Å²) in [6.07, 6.45) is 1.99. The highest BCUT2D eigenvalue weighted by molar-refractivity contribution is 7.80. The van der Waals surface area contributed by atoms with Crippen LogP contribution in [0.15, 0.2) is 72.9 Å². The molecule has 1 aliphatic heterocycles. The average molecular weight is 568 g/mol. The Kier molecular flexibility index (Phi) is 7.90. The highest BCUT2D eigenvalue weighted by Crippen LogP contribution is 2.41. The minimum atomic E-state index is -0.985. The number of hydrogen-bond acceptors (Lipinski definition) is 4. The van der Waals surface area contributed by atoms with Gasteiger partial charge in [-0.1, -0.05) is 30.3 Å². The van der Waals surface area contributed by atoms with Gasteiger partial charge in [-0.05, 0) is 93.0 Å². The van der Waals surface area contributed by atoms with E-state index in [9.17, 15) is 14.7 Å². The molecule has 9 heteroatoms. The molecule has 210 valence electrons. The first kappa shape index (κ1) is 28.0. The molecule has 0 saturated carbocycles. The molecule has 2 aromatic heterocycles. The Balaban J connectivity index is 1.50. The van der Waals surface area contributed by atoms with Crippen molar-refractivity contribution in [2.75, 3.05) is 11.9 Å². The third-order valence-electron chi connectivity index (χ3n) is 7.61. The van der Waals surface area contributed by atoms with Gasteiger partial charge in [-0.25, -0.2) is 4.79 Å². The van der Waals surface area contributed by atoms with Gasteiger partial charge in [0.25, 0.3) is 0 Å². The molecule has 1 saturated heterocycles. The Morgan fingerprint density at radius 1 is 1.02 bits per heavy atom. The van der Waals surface area contributed by atoms with Crippen molar-refractivity contribution >= 4 is 34.9 Å². The largest absolute Gasteiger partial charge is 0.478 e. The summed E-state index contributed by atoms with van der Waals surface area (Å²) >= 11 is 5.82. The molecule has 0 spiro atoms. The number of hydrogen-bond donors (Lipinski definition) is 3. The second-order valence-corrected chi connectivity index (χ2v) is 10.8. The van der Waals surface area contributed by atoms with Crippen molar-refractivity contribution in [1.29, 1.82) is 0 Å². The summed E-state index contributed by atoms with van der Waals surface area (Å²) in [5.41, 5.74) is 7.33. The molecule has 3 N–H and O–H groups in total.